The van der Waals surface area contributed by atoms with Gasteiger partial charge in [-0.1, -0.05) is 12.1 Å². The summed E-state index contributed by atoms with van der Waals surface area (Å²) in [4.78, 5) is 15.5. The van der Waals surface area contributed by atoms with E-state index in [9.17, 15) is 13.2 Å². The molecule has 0 unspecified atom stereocenters. The number of rotatable bonds is 4. The van der Waals surface area contributed by atoms with Crippen molar-refractivity contribution >= 4 is 15.8 Å². The zero-order valence-electron chi connectivity index (χ0n) is 12.8. The van der Waals surface area contributed by atoms with E-state index >= 15 is 0 Å². The van der Waals surface area contributed by atoms with Gasteiger partial charge in [0.25, 0.3) is 0 Å². The smallest absolute Gasteiger partial charge is 0.243 e. The van der Waals surface area contributed by atoms with Crippen LogP contribution in [0.25, 0.3) is 0 Å². The Morgan fingerprint density at radius 1 is 1.13 bits per heavy atom. The molecule has 0 spiro atoms. The van der Waals surface area contributed by atoms with Gasteiger partial charge in [0.1, 0.15) is 0 Å². The predicted octanol–water partition coefficient (Wildman–Crippen LogP) is 2.81. The Hall–Kier alpha value is -2.05. The van der Waals surface area contributed by atoms with Crippen molar-refractivity contribution in [3.63, 3.8) is 0 Å². The minimum atomic E-state index is -3.58. The Labute approximate surface area is 136 Å². The van der Waals surface area contributed by atoms with Crippen LogP contribution in [0.15, 0.2) is 53.7 Å². The third-order valence-corrected chi connectivity index (χ3v) is 6.08. The highest BCUT2D eigenvalue weighted by atomic mass is 32.2. The van der Waals surface area contributed by atoms with Crippen LogP contribution >= 0.6 is 0 Å². The highest BCUT2D eigenvalue weighted by Gasteiger charge is 2.36. The quantitative estimate of drug-likeness (QED) is 0.809. The third kappa shape index (κ3) is 3.04. The number of nitrogens with zero attached hydrogens (tertiary/aromatic N) is 2. The molecule has 1 aliphatic heterocycles. The van der Waals surface area contributed by atoms with E-state index in [2.05, 4.69) is 4.98 Å². The summed E-state index contributed by atoms with van der Waals surface area (Å²) in [6, 6.07) is 9.70. The van der Waals surface area contributed by atoms with Crippen LogP contribution in [-0.4, -0.2) is 30.0 Å². The van der Waals surface area contributed by atoms with Crippen molar-refractivity contribution in [1.29, 1.82) is 0 Å². The number of hydrogen-bond acceptors (Lipinski definition) is 4. The highest BCUT2D eigenvalue weighted by Crippen LogP contribution is 2.36. The highest BCUT2D eigenvalue weighted by molar-refractivity contribution is 7.89. The summed E-state index contributed by atoms with van der Waals surface area (Å²) in [5.74, 6) is -0.0789. The Morgan fingerprint density at radius 3 is 2.39 bits per heavy atom. The fraction of sp³-hybridized carbons (Fsp3) is 0.294. The molecule has 1 saturated heterocycles. The number of pyridine rings is 1. The van der Waals surface area contributed by atoms with Gasteiger partial charge in [0, 0.05) is 24.5 Å². The molecule has 1 aromatic carbocycles. The second-order valence-corrected chi connectivity index (χ2v) is 7.53. The molecule has 5 nitrogen and oxygen atoms in total. The summed E-state index contributed by atoms with van der Waals surface area (Å²) in [6.07, 6.45) is 4.99. The van der Waals surface area contributed by atoms with Gasteiger partial charge in [0.15, 0.2) is 5.78 Å². The number of ketones is 1. The molecule has 2 aromatic rings. The van der Waals surface area contributed by atoms with Crippen molar-refractivity contribution in [3.05, 3.63) is 59.9 Å². The van der Waals surface area contributed by atoms with Gasteiger partial charge in [-0.05, 0) is 49.6 Å². The summed E-state index contributed by atoms with van der Waals surface area (Å²) in [5.41, 5.74) is 1.47. The van der Waals surface area contributed by atoms with E-state index in [1.54, 1.807) is 28.8 Å². The van der Waals surface area contributed by atoms with Crippen LogP contribution in [0.1, 0.15) is 41.7 Å². The molecule has 0 amide bonds. The molecule has 3 rings (SSSR count). The summed E-state index contributed by atoms with van der Waals surface area (Å²) in [6.45, 7) is 1.97. The zero-order chi connectivity index (χ0) is 16.4. The van der Waals surface area contributed by atoms with Crippen molar-refractivity contribution in [2.45, 2.75) is 30.7 Å². The zero-order valence-corrected chi connectivity index (χ0v) is 13.7. The van der Waals surface area contributed by atoms with Crippen molar-refractivity contribution in [2.75, 3.05) is 6.54 Å². The molecule has 1 atom stereocenters. The van der Waals surface area contributed by atoms with Crippen LogP contribution < -0.4 is 0 Å². The molecule has 0 N–H and O–H groups in total. The fourth-order valence-corrected chi connectivity index (χ4v) is 4.63. The molecular formula is C17H18N2O3S. The third-order valence-electron chi connectivity index (χ3n) is 4.16. The lowest BCUT2D eigenvalue weighted by Crippen LogP contribution is -2.30. The molecule has 0 radical (unpaired) electrons. The molecule has 1 aliphatic rings. The number of benzene rings is 1. The summed E-state index contributed by atoms with van der Waals surface area (Å²) < 4.78 is 27.4. The Morgan fingerprint density at radius 2 is 1.78 bits per heavy atom. The molecule has 2 heterocycles. The van der Waals surface area contributed by atoms with Crippen LogP contribution in [0.2, 0.25) is 0 Å². The maximum absolute atomic E-state index is 12.9. The van der Waals surface area contributed by atoms with Gasteiger partial charge in [0.2, 0.25) is 10.0 Å². The van der Waals surface area contributed by atoms with E-state index in [0.717, 1.165) is 18.4 Å². The lowest BCUT2D eigenvalue weighted by molar-refractivity contribution is 0.101. The van der Waals surface area contributed by atoms with Crippen molar-refractivity contribution in [2.24, 2.45) is 0 Å². The second-order valence-electron chi connectivity index (χ2n) is 5.63. The van der Waals surface area contributed by atoms with Gasteiger partial charge in [-0.3, -0.25) is 9.78 Å². The van der Waals surface area contributed by atoms with Crippen molar-refractivity contribution in [1.82, 2.24) is 9.29 Å². The summed E-state index contributed by atoms with van der Waals surface area (Å²) >= 11 is 0. The Bertz CT molecular complexity index is 801. The van der Waals surface area contributed by atoms with Gasteiger partial charge < -0.3 is 0 Å². The number of Topliss-reactive ketones (excluding diaryl/α,β-unsaturated/α-hetero) is 1. The molecular weight excluding hydrogens is 312 g/mol. The number of aromatic nitrogens is 1. The Balaban J connectivity index is 1.93. The van der Waals surface area contributed by atoms with Gasteiger partial charge in [0.05, 0.1) is 10.9 Å². The Kier molecular flexibility index (Phi) is 4.28. The first-order valence-corrected chi connectivity index (χ1v) is 8.97. The number of hydrogen-bond donors (Lipinski definition) is 0. The SMILES string of the molecule is CC(=O)c1ccc(S(=O)(=O)N2CCC[C@H]2c2ccncc2)cc1. The van der Waals surface area contributed by atoms with Crippen LogP contribution in [-0.2, 0) is 10.0 Å². The minimum Gasteiger partial charge on any atom is -0.295 e. The van der Waals surface area contributed by atoms with Gasteiger partial charge in [-0.25, -0.2) is 8.42 Å². The van der Waals surface area contributed by atoms with Crippen molar-refractivity contribution < 1.29 is 13.2 Å². The molecule has 0 saturated carbocycles. The fourth-order valence-electron chi connectivity index (χ4n) is 2.94. The standard InChI is InChI=1S/C17H18N2O3S/c1-13(20)14-4-6-16(7-5-14)23(21,22)19-12-2-3-17(19)15-8-10-18-11-9-15/h4-11,17H,2-3,12H2,1H3/t17-/m0/s1. The van der Waals surface area contributed by atoms with E-state index in [1.165, 1.54) is 19.1 Å². The average molecular weight is 330 g/mol. The average Bonchev–Trinajstić information content (AvgIpc) is 3.06. The maximum Gasteiger partial charge on any atom is 0.243 e. The molecule has 0 bridgehead atoms. The van der Waals surface area contributed by atoms with Crippen LogP contribution in [0, 0.1) is 0 Å². The molecule has 1 fully saturated rings. The first kappa shape index (κ1) is 15.8. The normalized spacial score (nSPS) is 18.9. The summed E-state index contributed by atoms with van der Waals surface area (Å²) in [5, 5.41) is 0. The first-order valence-electron chi connectivity index (χ1n) is 7.53. The monoisotopic (exact) mass is 330 g/mol. The van der Waals surface area contributed by atoms with E-state index in [0.29, 0.717) is 12.1 Å². The summed E-state index contributed by atoms with van der Waals surface area (Å²) in [7, 11) is -3.58. The molecule has 23 heavy (non-hydrogen) atoms. The van der Waals surface area contributed by atoms with E-state index in [4.69, 9.17) is 0 Å². The van der Waals surface area contributed by atoms with Gasteiger partial charge in [-0.15, -0.1) is 0 Å². The largest absolute Gasteiger partial charge is 0.295 e. The maximum atomic E-state index is 12.9. The topological polar surface area (TPSA) is 67.3 Å². The molecule has 0 aliphatic carbocycles. The van der Waals surface area contributed by atoms with Gasteiger partial charge >= 0.3 is 0 Å². The number of carbonyl (C=O) groups is 1. The van der Waals surface area contributed by atoms with Crippen LogP contribution in [0.4, 0.5) is 0 Å². The molecule has 120 valence electrons. The lowest BCUT2D eigenvalue weighted by atomic mass is 10.1. The van der Waals surface area contributed by atoms with Gasteiger partial charge in [-0.2, -0.15) is 4.31 Å². The lowest BCUT2D eigenvalue weighted by Gasteiger charge is -2.24. The predicted molar refractivity (Wildman–Crippen MR) is 86.6 cm³/mol. The first-order chi connectivity index (χ1) is 11.0. The van der Waals surface area contributed by atoms with Crippen molar-refractivity contribution in [3.8, 4) is 0 Å². The van der Waals surface area contributed by atoms with Crippen LogP contribution in [0.3, 0.4) is 0 Å². The molecule has 1 aromatic heterocycles. The second kappa shape index (κ2) is 6.22. The minimum absolute atomic E-state index is 0.0789. The number of sulfonamides is 1. The molecule has 6 heteroatoms. The number of carbonyl (C=O) groups excluding carboxylic acids is 1. The van der Waals surface area contributed by atoms with E-state index < -0.39 is 10.0 Å². The van der Waals surface area contributed by atoms with E-state index in [-0.39, 0.29) is 16.7 Å². The van der Waals surface area contributed by atoms with Crippen LogP contribution in [0.5, 0.6) is 0 Å². The van der Waals surface area contributed by atoms with E-state index in [1.807, 2.05) is 12.1 Å².